The number of aromatic nitrogens is 3. The Labute approximate surface area is 178 Å². The SMILES string of the molecule is CC[C@H](C)[C@H](N)C(=O)NS(=O)(=O)OC[C@H]1O[C@@H](n2cnc3c(N)nccc32)[C@H](O)[C@@H]1O. The summed E-state index contributed by atoms with van der Waals surface area (Å²) in [5.41, 5.74) is 12.4. The summed E-state index contributed by atoms with van der Waals surface area (Å²) >= 11 is 0. The summed E-state index contributed by atoms with van der Waals surface area (Å²) in [6.07, 6.45) is -1.75. The van der Waals surface area contributed by atoms with Crippen molar-refractivity contribution < 1.29 is 32.3 Å². The average molecular weight is 458 g/mol. The number of aliphatic hydroxyl groups is 2. The van der Waals surface area contributed by atoms with Crippen molar-refractivity contribution in [2.45, 2.75) is 50.8 Å². The predicted molar refractivity (Wildman–Crippen MR) is 108 cm³/mol. The first-order chi connectivity index (χ1) is 14.6. The van der Waals surface area contributed by atoms with Gasteiger partial charge in [0.15, 0.2) is 12.0 Å². The number of nitrogens with two attached hydrogens (primary N) is 2. The summed E-state index contributed by atoms with van der Waals surface area (Å²) in [5, 5.41) is 20.7. The molecule has 172 valence electrons. The molecule has 1 amide bonds. The van der Waals surface area contributed by atoms with Crippen LogP contribution in [0.3, 0.4) is 0 Å². The van der Waals surface area contributed by atoms with Crippen molar-refractivity contribution in [3.05, 3.63) is 18.6 Å². The highest BCUT2D eigenvalue weighted by Gasteiger charge is 2.45. The average Bonchev–Trinajstić information content (AvgIpc) is 3.27. The number of carbonyl (C=O) groups excluding carboxylic acids is 1. The van der Waals surface area contributed by atoms with Gasteiger partial charge in [-0.05, 0) is 12.0 Å². The molecule has 13 nitrogen and oxygen atoms in total. The van der Waals surface area contributed by atoms with E-state index in [1.54, 1.807) is 17.7 Å². The van der Waals surface area contributed by atoms with Crippen molar-refractivity contribution in [1.29, 1.82) is 0 Å². The Balaban J connectivity index is 1.66. The Bertz CT molecular complexity index is 1040. The molecule has 0 aromatic carbocycles. The molecule has 0 radical (unpaired) electrons. The summed E-state index contributed by atoms with van der Waals surface area (Å²) in [7, 11) is -4.50. The van der Waals surface area contributed by atoms with Crippen LogP contribution in [0.5, 0.6) is 0 Å². The van der Waals surface area contributed by atoms with Crippen LogP contribution in [-0.2, 0) is 24.0 Å². The standard InChI is InChI=1S/C17H26N6O7S/c1-3-8(2)11(18)16(26)22-31(27,28)29-6-10-13(24)14(25)17(30-10)23-7-21-12-9(23)4-5-20-15(12)19/h4-5,7-8,10-11,13-14,17,24-25H,3,6,18H2,1-2H3,(H2,19,20)(H,22,26)/t8-,10+,11-,13+,14+,17+/m0/s1. The van der Waals surface area contributed by atoms with Gasteiger partial charge in [0.25, 0.3) is 5.91 Å². The first kappa shape index (κ1) is 23.3. The number of nitrogens with one attached hydrogen (secondary N) is 1. The topological polar surface area (TPSA) is 205 Å². The maximum absolute atomic E-state index is 12.1. The van der Waals surface area contributed by atoms with Gasteiger partial charge >= 0.3 is 10.3 Å². The minimum absolute atomic E-state index is 0.182. The smallest absolute Gasteiger partial charge is 0.362 e. The van der Waals surface area contributed by atoms with Gasteiger partial charge in [-0.25, -0.2) is 14.7 Å². The normalized spacial score (nSPS) is 26.1. The fourth-order valence-corrected chi connectivity index (χ4v) is 3.93. The first-order valence-electron chi connectivity index (χ1n) is 9.61. The van der Waals surface area contributed by atoms with E-state index in [1.165, 1.54) is 17.1 Å². The van der Waals surface area contributed by atoms with Gasteiger partial charge in [0.05, 0.1) is 24.5 Å². The van der Waals surface area contributed by atoms with Crippen LogP contribution in [0.15, 0.2) is 18.6 Å². The highest BCUT2D eigenvalue weighted by Crippen LogP contribution is 2.32. The number of nitrogen functional groups attached to an aromatic ring is 1. The van der Waals surface area contributed by atoms with E-state index in [2.05, 4.69) is 9.97 Å². The van der Waals surface area contributed by atoms with Gasteiger partial charge in [-0.15, -0.1) is 0 Å². The highest BCUT2D eigenvalue weighted by molar-refractivity contribution is 7.85. The fraction of sp³-hybridized carbons (Fsp3) is 0.588. The maximum Gasteiger partial charge on any atom is 0.362 e. The third kappa shape index (κ3) is 4.78. The Morgan fingerprint density at radius 3 is 2.77 bits per heavy atom. The third-order valence-corrected chi connectivity index (χ3v) is 6.20. The first-order valence-corrected chi connectivity index (χ1v) is 11.0. The molecule has 6 atom stereocenters. The van der Waals surface area contributed by atoms with Crippen molar-refractivity contribution in [3.8, 4) is 0 Å². The maximum atomic E-state index is 12.1. The highest BCUT2D eigenvalue weighted by atomic mass is 32.2. The van der Waals surface area contributed by atoms with Crippen LogP contribution in [0.4, 0.5) is 5.82 Å². The Morgan fingerprint density at radius 2 is 2.10 bits per heavy atom. The van der Waals surface area contributed by atoms with Gasteiger partial charge < -0.3 is 31.0 Å². The molecular weight excluding hydrogens is 432 g/mol. The van der Waals surface area contributed by atoms with Crippen LogP contribution in [0.1, 0.15) is 26.5 Å². The summed E-state index contributed by atoms with van der Waals surface area (Å²) in [4.78, 5) is 20.0. The molecule has 1 saturated heterocycles. The molecule has 0 spiro atoms. The fourth-order valence-electron chi connectivity index (χ4n) is 3.17. The van der Waals surface area contributed by atoms with E-state index in [9.17, 15) is 23.4 Å². The lowest BCUT2D eigenvalue weighted by Crippen LogP contribution is -2.47. The molecule has 1 aliphatic heterocycles. The third-order valence-electron chi connectivity index (χ3n) is 5.30. The summed E-state index contributed by atoms with van der Waals surface area (Å²) in [6, 6.07) is 0.574. The molecule has 7 N–H and O–H groups in total. The number of anilines is 1. The number of imidazole rings is 1. The molecule has 2 aromatic rings. The number of aliphatic hydroxyl groups excluding tert-OH is 2. The van der Waals surface area contributed by atoms with Crippen molar-refractivity contribution in [2.24, 2.45) is 11.7 Å². The molecule has 0 saturated carbocycles. The summed E-state index contributed by atoms with van der Waals surface area (Å²) in [6.45, 7) is 2.88. The number of amides is 1. The molecule has 1 fully saturated rings. The molecule has 2 aromatic heterocycles. The lowest BCUT2D eigenvalue weighted by Gasteiger charge is -2.18. The zero-order chi connectivity index (χ0) is 22.9. The van der Waals surface area contributed by atoms with Crippen LogP contribution in [0.2, 0.25) is 0 Å². The molecule has 0 aliphatic carbocycles. The molecular formula is C17H26N6O7S. The van der Waals surface area contributed by atoms with Crippen molar-refractivity contribution in [1.82, 2.24) is 19.3 Å². The number of rotatable bonds is 8. The van der Waals surface area contributed by atoms with Crippen LogP contribution in [0.25, 0.3) is 11.0 Å². The quantitative estimate of drug-likeness (QED) is 0.304. The van der Waals surface area contributed by atoms with Crippen molar-refractivity contribution in [2.75, 3.05) is 12.3 Å². The Kier molecular flexibility index (Phi) is 6.78. The van der Waals surface area contributed by atoms with Crippen LogP contribution < -0.4 is 16.2 Å². The number of carbonyl (C=O) groups is 1. The van der Waals surface area contributed by atoms with Crippen molar-refractivity contribution in [3.63, 3.8) is 0 Å². The molecule has 3 rings (SSSR count). The van der Waals surface area contributed by atoms with Gasteiger partial charge in [-0.3, -0.25) is 8.98 Å². The van der Waals surface area contributed by atoms with E-state index in [4.69, 9.17) is 20.4 Å². The number of fused-ring (bicyclic) bond motifs is 1. The zero-order valence-electron chi connectivity index (χ0n) is 17.0. The zero-order valence-corrected chi connectivity index (χ0v) is 17.8. The molecule has 0 unspecified atom stereocenters. The minimum atomic E-state index is -4.50. The van der Waals surface area contributed by atoms with E-state index >= 15 is 0 Å². The van der Waals surface area contributed by atoms with Gasteiger partial charge in [0.2, 0.25) is 0 Å². The van der Waals surface area contributed by atoms with Gasteiger partial charge in [0.1, 0.15) is 23.8 Å². The molecule has 31 heavy (non-hydrogen) atoms. The number of hydrogen-bond donors (Lipinski definition) is 5. The number of hydrogen-bond acceptors (Lipinski definition) is 11. The number of nitrogens with zero attached hydrogens (tertiary/aromatic N) is 3. The van der Waals surface area contributed by atoms with Crippen LogP contribution in [-0.4, -0.2) is 70.0 Å². The minimum Gasteiger partial charge on any atom is -0.387 e. The lowest BCUT2D eigenvalue weighted by atomic mass is 10.00. The molecule has 3 heterocycles. The second-order valence-corrected chi connectivity index (χ2v) is 8.73. The second kappa shape index (κ2) is 9.02. The molecule has 1 aliphatic rings. The molecule has 14 heteroatoms. The van der Waals surface area contributed by atoms with E-state index < -0.39 is 53.4 Å². The van der Waals surface area contributed by atoms with Gasteiger partial charge in [0, 0.05) is 6.20 Å². The summed E-state index contributed by atoms with van der Waals surface area (Å²) in [5.74, 6) is -0.960. The molecule has 0 bridgehead atoms. The number of ether oxygens (including phenoxy) is 1. The van der Waals surface area contributed by atoms with Gasteiger partial charge in [-0.1, -0.05) is 20.3 Å². The van der Waals surface area contributed by atoms with Crippen LogP contribution >= 0.6 is 0 Å². The predicted octanol–water partition coefficient (Wildman–Crippen LogP) is -1.62. The van der Waals surface area contributed by atoms with Crippen molar-refractivity contribution >= 4 is 33.1 Å². The largest absolute Gasteiger partial charge is 0.387 e. The van der Waals surface area contributed by atoms with Crippen LogP contribution in [0, 0.1) is 5.92 Å². The van der Waals surface area contributed by atoms with E-state index in [0.717, 1.165) is 0 Å². The van der Waals surface area contributed by atoms with E-state index in [0.29, 0.717) is 17.5 Å². The lowest BCUT2D eigenvalue weighted by molar-refractivity contribution is -0.121. The Hall–Kier alpha value is -2.36. The second-order valence-electron chi connectivity index (χ2n) is 7.38. The van der Waals surface area contributed by atoms with Gasteiger partial charge in [-0.2, -0.15) is 8.42 Å². The Morgan fingerprint density at radius 1 is 1.39 bits per heavy atom. The monoisotopic (exact) mass is 458 g/mol. The number of pyridine rings is 1. The van der Waals surface area contributed by atoms with E-state index in [1.807, 2.05) is 6.92 Å². The van der Waals surface area contributed by atoms with E-state index in [-0.39, 0.29) is 11.7 Å². The summed E-state index contributed by atoms with van der Waals surface area (Å²) < 4.78 is 37.7.